The quantitative estimate of drug-likeness (QED) is 0.627. The van der Waals surface area contributed by atoms with E-state index in [2.05, 4.69) is 6.92 Å². The van der Waals surface area contributed by atoms with Crippen LogP contribution in [-0.4, -0.2) is 6.67 Å². The first kappa shape index (κ1) is 9.18. The van der Waals surface area contributed by atoms with Gasteiger partial charge in [-0.15, -0.1) is 0 Å². The van der Waals surface area contributed by atoms with Crippen LogP contribution >= 0.6 is 0 Å². The summed E-state index contributed by atoms with van der Waals surface area (Å²) >= 11 is 0. The van der Waals surface area contributed by atoms with E-state index in [0.29, 0.717) is 10.8 Å². The van der Waals surface area contributed by atoms with Gasteiger partial charge in [0, 0.05) is 0 Å². The molecule has 0 aromatic heterocycles. The summed E-state index contributed by atoms with van der Waals surface area (Å²) in [5.74, 6) is 1.90. The minimum absolute atomic E-state index is 0.0878. The van der Waals surface area contributed by atoms with Gasteiger partial charge in [0.15, 0.2) is 0 Å². The molecule has 0 nitrogen and oxygen atoms in total. The monoisotopic (exact) mass is 196 g/mol. The van der Waals surface area contributed by atoms with Gasteiger partial charge in [-0.2, -0.15) is 0 Å². The van der Waals surface area contributed by atoms with E-state index in [-0.39, 0.29) is 6.67 Å². The Labute approximate surface area is 86.3 Å². The van der Waals surface area contributed by atoms with Crippen molar-refractivity contribution >= 4 is 0 Å². The standard InChI is InChI=1S/C13H21F/c1-12-5-10-4-11(6-12)8-13(7-10,9-12)2-3-14/h10-11H,2-9H2,1H3. The average molecular weight is 196 g/mol. The first-order valence-electron chi connectivity index (χ1n) is 6.19. The van der Waals surface area contributed by atoms with Gasteiger partial charge in [-0.05, 0) is 67.6 Å². The van der Waals surface area contributed by atoms with Gasteiger partial charge in [0.05, 0.1) is 6.67 Å². The van der Waals surface area contributed by atoms with Gasteiger partial charge >= 0.3 is 0 Å². The van der Waals surface area contributed by atoms with Gasteiger partial charge in [0.2, 0.25) is 0 Å². The van der Waals surface area contributed by atoms with Crippen LogP contribution in [0, 0.1) is 22.7 Å². The second-order valence-corrected chi connectivity index (χ2v) is 6.71. The third-order valence-corrected chi connectivity index (χ3v) is 5.10. The lowest BCUT2D eigenvalue weighted by atomic mass is 9.44. The molecule has 80 valence electrons. The molecule has 4 aliphatic carbocycles. The van der Waals surface area contributed by atoms with Crippen LogP contribution < -0.4 is 0 Å². The Morgan fingerprint density at radius 1 is 1.14 bits per heavy atom. The molecule has 4 aliphatic rings. The van der Waals surface area contributed by atoms with E-state index in [1.165, 1.54) is 38.5 Å². The van der Waals surface area contributed by atoms with Crippen LogP contribution in [0.4, 0.5) is 4.39 Å². The van der Waals surface area contributed by atoms with Crippen LogP contribution in [-0.2, 0) is 0 Å². The maximum absolute atomic E-state index is 12.6. The lowest BCUT2D eigenvalue weighted by Crippen LogP contribution is -2.50. The van der Waals surface area contributed by atoms with E-state index >= 15 is 0 Å². The van der Waals surface area contributed by atoms with Crippen LogP contribution in [0.3, 0.4) is 0 Å². The molecule has 4 fully saturated rings. The highest BCUT2D eigenvalue weighted by atomic mass is 19.1. The molecule has 0 heterocycles. The van der Waals surface area contributed by atoms with E-state index in [4.69, 9.17) is 0 Å². The van der Waals surface area contributed by atoms with Crippen molar-refractivity contribution in [2.75, 3.05) is 6.67 Å². The van der Waals surface area contributed by atoms with Crippen molar-refractivity contribution in [1.82, 2.24) is 0 Å². The summed E-state index contributed by atoms with van der Waals surface area (Å²) in [6.45, 7) is 2.37. The Morgan fingerprint density at radius 3 is 2.29 bits per heavy atom. The van der Waals surface area contributed by atoms with E-state index in [1.807, 2.05) is 0 Å². The smallest absolute Gasteiger partial charge is 0.0899 e. The van der Waals surface area contributed by atoms with Crippen LogP contribution in [0.2, 0.25) is 0 Å². The fraction of sp³-hybridized carbons (Fsp3) is 1.00. The number of hydrogen-bond acceptors (Lipinski definition) is 0. The molecule has 2 unspecified atom stereocenters. The lowest BCUT2D eigenvalue weighted by molar-refractivity contribution is -0.107. The molecule has 0 aromatic carbocycles. The molecule has 4 saturated carbocycles. The predicted octanol–water partition coefficient (Wildman–Crippen LogP) is 3.95. The summed E-state index contributed by atoms with van der Waals surface area (Å²) in [4.78, 5) is 0. The molecule has 0 aliphatic heterocycles. The minimum atomic E-state index is -0.0878. The van der Waals surface area contributed by atoms with E-state index in [0.717, 1.165) is 18.3 Å². The number of halogens is 1. The van der Waals surface area contributed by atoms with E-state index in [1.54, 1.807) is 0 Å². The van der Waals surface area contributed by atoms with Gasteiger partial charge in [0.1, 0.15) is 0 Å². The first-order valence-corrected chi connectivity index (χ1v) is 6.19. The fourth-order valence-corrected chi connectivity index (χ4v) is 5.42. The lowest BCUT2D eigenvalue weighted by Gasteiger charge is -2.61. The van der Waals surface area contributed by atoms with Gasteiger partial charge < -0.3 is 0 Å². The number of alkyl halides is 1. The maximum Gasteiger partial charge on any atom is 0.0899 e. The molecule has 0 saturated heterocycles. The Kier molecular flexibility index (Phi) is 1.79. The van der Waals surface area contributed by atoms with Gasteiger partial charge in [0.25, 0.3) is 0 Å². The van der Waals surface area contributed by atoms with Gasteiger partial charge in [-0.25, -0.2) is 0 Å². The summed E-state index contributed by atoms with van der Waals surface area (Å²) in [5, 5.41) is 0. The summed E-state index contributed by atoms with van der Waals surface area (Å²) < 4.78 is 12.6. The molecule has 0 N–H and O–H groups in total. The Bertz CT molecular complexity index is 232. The van der Waals surface area contributed by atoms with Crippen molar-refractivity contribution in [3.05, 3.63) is 0 Å². The molecular weight excluding hydrogens is 175 g/mol. The van der Waals surface area contributed by atoms with E-state index in [9.17, 15) is 4.39 Å². The van der Waals surface area contributed by atoms with Crippen LogP contribution in [0.15, 0.2) is 0 Å². The number of rotatable bonds is 2. The molecule has 4 bridgehead atoms. The summed E-state index contributed by atoms with van der Waals surface area (Å²) in [6.07, 6.45) is 9.23. The molecule has 0 radical (unpaired) electrons. The maximum atomic E-state index is 12.6. The third kappa shape index (κ3) is 1.24. The topological polar surface area (TPSA) is 0 Å². The van der Waals surface area contributed by atoms with Crippen molar-refractivity contribution in [3.63, 3.8) is 0 Å². The van der Waals surface area contributed by atoms with Gasteiger partial charge in [-0.3, -0.25) is 4.39 Å². The molecule has 0 amide bonds. The molecule has 2 atom stereocenters. The normalized spacial score (nSPS) is 55.3. The van der Waals surface area contributed by atoms with Crippen molar-refractivity contribution < 1.29 is 4.39 Å². The predicted molar refractivity (Wildman–Crippen MR) is 55.8 cm³/mol. The van der Waals surface area contributed by atoms with Crippen LogP contribution in [0.1, 0.15) is 51.9 Å². The molecule has 0 aromatic rings. The van der Waals surface area contributed by atoms with Crippen molar-refractivity contribution in [2.45, 2.75) is 51.9 Å². The van der Waals surface area contributed by atoms with Crippen LogP contribution in [0.5, 0.6) is 0 Å². The highest BCUT2D eigenvalue weighted by Gasteiger charge is 2.55. The Hall–Kier alpha value is -0.0700. The molecule has 1 heteroatoms. The summed E-state index contributed by atoms with van der Waals surface area (Å²) in [6, 6.07) is 0. The molecular formula is C13H21F. The van der Waals surface area contributed by atoms with Crippen molar-refractivity contribution in [1.29, 1.82) is 0 Å². The first-order chi connectivity index (χ1) is 6.63. The second kappa shape index (κ2) is 2.74. The number of hydrogen-bond donors (Lipinski definition) is 0. The highest BCUT2D eigenvalue weighted by molar-refractivity contribution is 5.05. The highest BCUT2D eigenvalue weighted by Crippen LogP contribution is 2.66. The summed E-state index contributed by atoms with van der Waals surface area (Å²) in [5.41, 5.74) is 1.03. The molecule has 4 rings (SSSR count). The Morgan fingerprint density at radius 2 is 1.79 bits per heavy atom. The summed E-state index contributed by atoms with van der Waals surface area (Å²) in [7, 11) is 0. The second-order valence-electron chi connectivity index (χ2n) is 6.71. The Balaban J connectivity index is 1.89. The largest absolute Gasteiger partial charge is 0.251 e. The zero-order valence-corrected chi connectivity index (χ0v) is 9.19. The average Bonchev–Trinajstić information content (AvgIpc) is 1.97. The van der Waals surface area contributed by atoms with Crippen molar-refractivity contribution in [3.8, 4) is 0 Å². The molecule has 0 spiro atoms. The minimum Gasteiger partial charge on any atom is -0.251 e. The van der Waals surface area contributed by atoms with Gasteiger partial charge in [-0.1, -0.05) is 6.92 Å². The SMILES string of the molecule is CC12CC3CC(C1)CC(CCF)(C3)C2. The van der Waals surface area contributed by atoms with Crippen LogP contribution in [0.25, 0.3) is 0 Å². The third-order valence-electron chi connectivity index (χ3n) is 5.10. The van der Waals surface area contributed by atoms with Crippen molar-refractivity contribution in [2.24, 2.45) is 22.7 Å². The zero-order valence-electron chi connectivity index (χ0n) is 9.19. The molecule has 14 heavy (non-hydrogen) atoms. The fourth-order valence-electron chi connectivity index (χ4n) is 5.42. The zero-order chi connectivity index (χ0) is 9.81. The van der Waals surface area contributed by atoms with E-state index < -0.39 is 0 Å².